The number of amides is 2. The SMILES string of the molecule is Cc1nnc(SCC(=O)N2CC[C@@H]3[C@H]2C(=O)N3S(=O)(=O)O)s1.[NaH]. The first-order valence-electron chi connectivity index (χ1n) is 6.32. The third-order valence-electron chi connectivity index (χ3n) is 3.53. The third-order valence-corrected chi connectivity index (χ3v) is 6.44. The van der Waals surface area contributed by atoms with E-state index < -0.39 is 28.3 Å². The van der Waals surface area contributed by atoms with Gasteiger partial charge in [-0.05, 0) is 13.3 Å². The molecule has 1 N–H and O–H groups in total. The van der Waals surface area contributed by atoms with Crippen LogP contribution in [-0.4, -0.2) is 98.1 Å². The predicted octanol–water partition coefficient (Wildman–Crippen LogP) is -1.10. The molecule has 9 nitrogen and oxygen atoms in total. The number of fused-ring (bicyclic) bond motifs is 1. The van der Waals surface area contributed by atoms with Crippen molar-refractivity contribution in [3.05, 3.63) is 5.01 Å². The number of carbonyl (C=O) groups excluding carboxylic acids is 2. The molecule has 0 radical (unpaired) electrons. The number of hydrogen-bond acceptors (Lipinski definition) is 8. The van der Waals surface area contributed by atoms with Gasteiger partial charge in [-0.3, -0.25) is 14.1 Å². The van der Waals surface area contributed by atoms with E-state index in [-0.39, 0.29) is 41.2 Å². The number of thioether (sulfide) groups is 1. The average Bonchev–Trinajstić information content (AvgIpc) is 2.98. The van der Waals surface area contributed by atoms with Gasteiger partial charge in [-0.2, -0.15) is 8.42 Å². The number of β-lactam (4-membered cyclic amide) rings is 1. The molecule has 0 aliphatic carbocycles. The normalized spacial score (nSPS) is 23.3. The van der Waals surface area contributed by atoms with Gasteiger partial charge in [-0.1, -0.05) is 23.1 Å². The van der Waals surface area contributed by atoms with Crippen LogP contribution in [0.1, 0.15) is 11.4 Å². The number of likely N-dealkylation sites (tertiary alicyclic amines) is 1. The number of hydrogen-bond donors (Lipinski definition) is 1. The zero-order chi connectivity index (χ0) is 16.1. The van der Waals surface area contributed by atoms with E-state index in [0.717, 1.165) is 5.01 Å². The van der Waals surface area contributed by atoms with Crippen LogP contribution >= 0.6 is 23.1 Å². The summed E-state index contributed by atoms with van der Waals surface area (Å²) in [5, 5.41) is 8.54. The van der Waals surface area contributed by atoms with Gasteiger partial charge in [0.15, 0.2) is 4.34 Å². The van der Waals surface area contributed by atoms with Crippen LogP contribution in [0.5, 0.6) is 0 Å². The fourth-order valence-electron chi connectivity index (χ4n) is 2.64. The van der Waals surface area contributed by atoms with E-state index in [4.69, 9.17) is 4.55 Å². The van der Waals surface area contributed by atoms with Crippen molar-refractivity contribution in [3.63, 3.8) is 0 Å². The summed E-state index contributed by atoms with van der Waals surface area (Å²) in [6.07, 6.45) is 0.338. The summed E-state index contributed by atoms with van der Waals surface area (Å²) in [6, 6.07) is -1.44. The molecule has 0 aromatic carbocycles. The van der Waals surface area contributed by atoms with E-state index in [0.29, 0.717) is 21.6 Å². The zero-order valence-corrected chi connectivity index (χ0v) is 13.8. The first-order valence-corrected chi connectivity index (χ1v) is 9.52. The van der Waals surface area contributed by atoms with Gasteiger partial charge in [-0.25, -0.2) is 4.31 Å². The summed E-state index contributed by atoms with van der Waals surface area (Å²) in [6.45, 7) is 2.10. The fourth-order valence-corrected chi connectivity index (χ4v) is 5.24. The Balaban J connectivity index is 0.00000192. The van der Waals surface area contributed by atoms with Gasteiger partial charge in [0.05, 0.1) is 11.8 Å². The van der Waals surface area contributed by atoms with E-state index in [2.05, 4.69) is 10.2 Å². The Labute approximate surface area is 163 Å². The molecule has 0 saturated carbocycles. The monoisotopic (exact) mass is 388 g/mol. The standard InChI is InChI=1S/C10H12N4O5S3.Na.H/c1-5-11-12-10(21-5)20-4-7(15)13-3-2-6-8(13)9(16)14(6)22(17,18)19;;/h6,8H,2-4H2,1H3,(H,17,18,19);;/t6-,8+;;/m1../s1. The number of nitrogens with zero attached hydrogens (tertiary/aromatic N) is 4. The molecule has 0 bridgehead atoms. The maximum absolute atomic E-state index is 12.2. The quantitative estimate of drug-likeness (QED) is 0.299. The third kappa shape index (κ3) is 3.57. The Morgan fingerprint density at radius 3 is 2.74 bits per heavy atom. The van der Waals surface area contributed by atoms with Gasteiger partial charge in [0.2, 0.25) is 5.91 Å². The van der Waals surface area contributed by atoms with Crippen LogP contribution in [0.15, 0.2) is 4.34 Å². The minimum atomic E-state index is -4.55. The van der Waals surface area contributed by atoms with Gasteiger partial charge >= 0.3 is 39.9 Å². The number of aromatic nitrogens is 2. The van der Waals surface area contributed by atoms with E-state index in [1.165, 1.54) is 28.0 Å². The van der Waals surface area contributed by atoms with Gasteiger partial charge < -0.3 is 4.90 Å². The molecular formula is C10H13N4NaO5S3. The molecular weight excluding hydrogens is 375 g/mol. The van der Waals surface area contributed by atoms with Crippen LogP contribution in [0, 0.1) is 6.92 Å². The van der Waals surface area contributed by atoms with Crippen LogP contribution < -0.4 is 0 Å². The molecule has 0 unspecified atom stereocenters. The van der Waals surface area contributed by atoms with Gasteiger partial charge in [0, 0.05) is 6.54 Å². The summed E-state index contributed by atoms with van der Waals surface area (Å²) < 4.78 is 32.3. The average molecular weight is 388 g/mol. The first-order chi connectivity index (χ1) is 10.3. The molecule has 2 fully saturated rings. The van der Waals surface area contributed by atoms with Gasteiger partial charge in [-0.15, -0.1) is 10.2 Å². The molecule has 13 heteroatoms. The summed E-state index contributed by atoms with van der Waals surface area (Å²) in [5.74, 6) is -0.902. The topological polar surface area (TPSA) is 121 Å². The number of rotatable bonds is 4. The van der Waals surface area contributed by atoms with Crippen molar-refractivity contribution in [1.82, 2.24) is 19.4 Å². The predicted molar refractivity (Wildman–Crippen MR) is 84.8 cm³/mol. The second kappa shape index (κ2) is 6.94. The van der Waals surface area contributed by atoms with Crippen molar-refractivity contribution in [2.24, 2.45) is 0 Å². The minimum absolute atomic E-state index is 0. The Bertz CT molecular complexity index is 739. The fraction of sp³-hybridized carbons (Fsp3) is 0.600. The number of aryl methyl sites for hydroxylation is 1. The van der Waals surface area contributed by atoms with Gasteiger partial charge in [0.1, 0.15) is 11.0 Å². The summed E-state index contributed by atoms with van der Waals surface area (Å²) in [7, 11) is -4.55. The van der Waals surface area contributed by atoms with Crippen molar-refractivity contribution in [1.29, 1.82) is 0 Å². The Hall–Kier alpha value is -0.240. The Morgan fingerprint density at radius 2 is 2.17 bits per heavy atom. The van der Waals surface area contributed by atoms with Crippen LogP contribution in [0.2, 0.25) is 0 Å². The summed E-state index contributed by atoms with van der Waals surface area (Å²) in [4.78, 5) is 25.4. The van der Waals surface area contributed by atoms with Crippen molar-refractivity contribution in [2.75, 3.05) is 12.3 Å². The van der Waals surface area contributed by atoms with Crippen LogP contribution in [-0.2, 0) is 19.9 Å². The van der Waals surface area contributed by atoms with Crippen molar-refractivity contribution in [2.45, 2.75) is 29.8 Å². The Kier molecular flexibility index (Phi) is 5.76. The van der Waals surface area contributed by atoms with Crippen LogP contribution in [0.25, 0.3) is 0 Å². The molecule has 2 aliphatic rings. The second-order valence-corrected chi connectivity index (χ2v) is 8.57. The summed E-state index contributed by atoms with van der Waals surface area (Å²) in [5.41, 5.74) is 0. The molecule has 23 heavy (non-hydrogen) atoms. The van der Waals surface area contributed by atoms with Crippen molar-refractivity contribution in [3.8, 4) is 0 Å². The number of carbonyl (C=O) groups is 2. The van der Waals surface area contributed by atoms with Crippen LogP contribution in [0.4, 0.5) is 0 Å². The molecule has 3 heterocycles. The van der Waals surface area contributed by atoms with Crippen LogP contribution in [0.3, 0.4) is 0 Å². The molecule has 3 rings (SSSR count). The molecule has 2 saturated heterocycles. The van der Waals surface area contributed by atoms with E-state index in [1.807, 2.05) is 6.92 Å². The summed E-state index contributed by atoms with van der Waals surface area (Å²) >= 11 is 2.61. The van der Waals surface area contributed by atoms with E-state index in [9.17, 15) is 18.0 Å². The molecule has 2 amide bonds. The zero-order valence-electron chi connectivity index (χ0n) is 11.4. The maximum atomic E-state index is 12.2. The second-order valence-electron chi connectivity index (χ2n) is 4.88. The molecule has 1 aromatic rings. The Morgan fingerprint density at radius 1 is 1.48 bits per heavy atom. The molecule has 2 aliphatic heterocycles. The first kappa shape index (κ1) is 19.1. The van der Waals surface area contributed by atoms with Crippen molar-refractivity contribution >= 4 is 74.8 Å². The van der Waals surface area contributed by atoms with Crippen molar-refractivity contribution < 1.29 is 22.6 Å². The van der Waals surface area contributed by atoms with E-state index >= 15 is 0 Å². The van der Waals surface area contributed by atoms with Gasteiger partial charge in [0.25, 0.3) is 5.91 Å². The molecule has 1 aromatic heterocycles. The van der Waals surface area contributed by atoms with E-state index in [1.54, 1.807) is 0 Å². The molecule has 0 spiro atoms. The molecule has 122 valence electrons. The molecule has 2 atom stereocenters.